The van der Waals surface area contributed by atoms with Crippen LogP contribution in [0.1, 0.15) is 45.4 Å². The second-order valence-electron chi connectivity index (χ2n) is 5.78. The van der Waals surface area contributed by atoms with Crippen LogP contribution in [0.3, 0.4) is 0 Å². The van der Waals surface area contributed by atoms with E-state index in [1.807, 2.05) is 0 Å². The topological polar surface area (TPSA) is 26.3 Å². The van der Waals surface area contributed by atoms with Crippen LogP contribution in [0.4, 0.5) is 0 Å². The van der Waals surface area contributed by atoms with Gasteiger partial charge in [-0.25, -0.2) is 0 Å². The van der Waals surface area contributed by atoms with Crippen LogP contribution >= 0.6 is 0 Å². The lowest BCUT2D eigenvalue weighted by molar-refractivity contribution is -0.137. The van der Waals surface area contributed by atoms with Gasteiger partial charge in [-0.15, -0.1) is 0 Å². The van der Waals surface area contributed by atoms with Crippen LogP contribution in [-0.2, 0) is 9.53 Å². The standard InChI is InChI=1S/C14H20O2/c1-10-6-7-11-4-2-3-5-12(11)14(10)8-13(15)16-9-14/h7,10,12H,2-6,8-9H2,1H3. The quantitative estimate of drug-likeness (QED) is 0.463. The van der Waals surface area contributed by atoms with Crippen molar-refractivity contribution in [2.75, 3.05) is 6.61 Å². The molecule has 0 bridgehead atoms. The average molecular weight is 220 g/mol. The molecule has 1 saturated heterocycles. The summed E-state index contributed by atoms with van der Waals surface area (Å²) in [5.74, 6) is 1.26. The van der Waals surface area contributed by atoms with Crippen LogP contribution in [0.5, 0.6) is 0 Å². The summed E-state index contributed by atoms with van der Waals surface area (Å²) in [6.07, 6.45) is 9.44. The molecule has 0 N–H and O–H groups in total. The van der Waals surface area contributed by atoms with Crippen molar-refractivity contribution in [1.29, 1.82) is 0 Å². The van der Waals surface area contributed by atoms with Gasteiger partial charge in [0, 0.05) is 5.41 Å². The molecule has 1 spiro atoms. The fourth-order valence-electron chi connectivity index (χ4n) is 3.97. The van der Waals surface area contributed by atoms with Crippen molar-refractivity contribution < 1.29 is 9.53 Å². The first-order valence-electron chi connectivity index (χ1n) is 6.57. The van der Waals surface area contributed by atoms with Gasteiger partial charge < -0.3 is 4.74 Å². The maximum absolute atomic E-state index is 11.5. The second kappa shape index (κ2) is 3.61. The minimum atomic E-state index is 0.0265. The molecule has 1 aliphatic heterocycles. The molecule has 2 fully saturated rings. The molecule has 2 nitrogen and oxygen atoms in total. The number of cyclic esters (lactones) is 1. The molecule has 2 aliphatic carbocycles. The fourth-order valence-corrected chi connectivity index (χ4v) is 3.97. The van der Waals surface area contributed by atoms with Crippen LogP contribution < -0.4 is 0 Å². The van der Waals surface area contributed by atoms with Crippen LogP contribution in [-0.4, -0.2) is 12.6 Å². The van der Waals surface area contributed by atoms with E-state index in [9.17, 15) is 4.79 Å². The molecule has 1 heterocycles. The molecule has 0 amide bonds. The van der Waals surface area contributed by atoms with E-state index in [1.165, 1.54) is 25.7 Å². The zero-order valence-corrected chi connectivity index (χ0v) is 10.00. The summed E-state index contributed by atoms with van der Waals surface area (Å²) in [5.41, 5.74) is 1.78. The number of ether oxygens (including phenoxy) is 1. The molecule has 0 aromatic heterocycles. The molecule has 16 heavy (non-hydrogen) atoms. The lowest BCUT2D eigenvalue weighted by atomic mass is 9.57. The molecule has 1 saturated carbocycles. The largest absolute Gasteiger partial charge is 0.465 e. The first-order chi connectivity index (χ1) is 7.72. The second-order valence-corrected chi connectivity index (χ2v) is 5.78. The Balaban J connectivity index is 1.96. The van der Waals surface area contributed by atoms with Crippen LogP contribution in [0.25, 0.3) is 0 Å². The zero-order valence-electron chi connectivity index (χ0n) is 10.00. The van der Waals surface area contributed by atoms with E-state index in [1.54, 1.807) is 5.57 Å². The minimum Gasteiger partial charge on any atom is -0.465 e. The monoisotopic (exact) mass is 220 g/mol. The first kappa shape index (κ1) is 10.4. The van der Waals surface area contributed by atoms with Crippen LogP contribution in [0.2, 0.25) is 0 Å². The van der Waals surface area contributed by atoms with Gasteiger partial charge in [0.15, 0.2) is 0 Å². The number of carbonyl (C=O) groups is 1. The SMILES string of the molecule is CC1CC=C2CCCCC2C12COC(=O)C2. The Morgan fingerprint density at radius 1 is 1.44 bits per heavy atom. The number of esters is 1. The molecule has 2 heteroatoms. The summed E-state index contributed by atoms with van der Waals surface area (Å²) in [6.45, 7) is 2.97. The van der Waals surface area contributed by atoms with E-state index in [0.717, 1.165) is 6.42 Å². The predicted octanol–water partition coefficient (Wildman–Crippen LogP) is 3.08. The molecule has 3 unspecified atom stereocenters. The van der Waals surface area contributed by atoms with Crippen molar-refractivity contribution in [2.45, 2.75) is 45.4 Å². The molecular weight excluding hydrogens is 200 g/mol. The van der Waals surface area contributed by atoms with Gasteiger partial charge >= 0.3 is 5.97 Å². The number of allylic oxidation sites excluding steroid dienone is 2. The molecule has 3 rings (SSSR count). The molecule has 3 atom stereocenters. The lowest BCUT2D eigenvalue weighted by Crippen LogP contribution is -2.42. The summed E-state index contributed by atoms with van der Waals surface area (Å²) in [6, 6.07) is 0. The van der Waals surface area contributed by atoms with Crippen molar-refractivity contribution >= 4 is 5.97 Å². The van der Waals surface area contributed by atoms with E-state index >= 15 is 0 Å². The number of rotatable bonds is 0. The van der Waals surface area contributed by atoms with Crippen molar-refractivity contribution in [3.05, 3.63) is 11.6 Å². The van der Waals surface area contributed by atoms with Crippen molar-refractivity contribution in [3.63, 3.8) is 0 Å². The maximum Gasteiger partial charge on any atom is 0.306 e. The lowest BCUT2D eigenvalue weighted by Gasteiger charge is -2.46. The normalized spacial score (nSPS) is 42.8. The third-order valence-electron chi connectivity index (χ3n) is 5.04. The Hall–Kier alpha value is -0.790. The third-order valence-corrected chi connectivity index (χ3v) is 5.04. The molecule has 88 valence electrons. The summed E-state index contributed by atoms with van der Waals surface area (Å²) in [4.78, 5) is 11.5. The molecule has 0 aromatic carbocycles. The number of hydrogen-bond acceptors (Lipinski definition) is 2. The minimum absolute atomic E-state index is 0.0265. The van der Waals surface area contributed by atoms with E-state index in [-0.39, 0.29) is 11.4 Å². The van der Waals surface area contributed by atoms with E-state index < -0.39 is 0 Å². The number of carbonyl (C=O) groups excluding carboxylic acids is 1. The average Bonchev–Trinajstić information content (AvgIpc) is 2.68. The summed E-state index contributed by atoms with van der Waals surface area (Å²) < 4.78 is 5.30. The van der Waals surface area contributed by atoms with Gasteiger partial charge in [0.2, 0.25) is 0 Å². The highest BCUT2D eigenvalue weighted by Crippen LogP contribution is 2.55. The highest BCUT2D eigenvalue weighted by Gasteiger charge is 2.52. The molecule has 3 aliphatic rings. The van der Waals surface area contributed by atoms with Gasteiger partial charge in [0.25, 0.3) is 0 Å². The summed E-state index contributed by atoms with van der Waals surface area (Å²) >= 11 is 0. The Morgan fingerprint density at radius 2 is 2.31 bits per heavy atom. The van der Waals surface area contributed by atoms with E-state index in [0.29, 0.717) is 24.9 Å². The third kappa shape index (κ3) is 1.35. The predicted molar refractivity (Wildman–Crippen MR) is 61.8 cm³/mol. The van der Waals surface area contributed by atoms with Gasteiger partial charge in [-0.1, -0.05) is 25.0 Å². The van der Waals surface area contributed by atoms with Gasteiger partial charge in [-0.3, -0.25) is 4.79 Å². The highest BCUT2D eigenvalue weighted by atomic mass is 16.5. The fraction of sp³-hybridized carbons (Fsp3) is 0.786. The van der Waals surface area contributed by atoms with Crippen molar-refractivity contribution in [3.8, 4) is 0 Å². The Bertz CT molecular complexity index is 345. The highest BCUT2D eigenvalue weighted by molar-refractivity contribution is 5.73. The Labute approximate surface area is 97.1 Å². The van der Waals surface area contributed by atoms with Gasteiger partial charge in [-0.05, 0) is 37.5 Å². The van der Waals surface area contributed by atoms with Gasteiger partial charge in [0.1, 0.15) is 0 Å². The summed E-state index contributed by atoms with van der Waals surface area (Å²) in [7, 11) is 0. The summed E-state index contributed by atoms with van der Waals surface area (Å²) in [5, 5.41) is 0. The van der Waals surface area contributed by atoms with E-state index in [4.69, 9.17) is 4.74 Å². The molecule has 0 radical (unpaired) electrons. The smallest absolute Gasteiger partial charge is 0.306 e. The van der Waals surface area contributed by atoms with E-state index in [2.05, 4.69) is 13.0 Å². The van der Waals surface area contributed by atoms with Crippen LogP contribution in [0.15, 0.2) is 11.6 Å². The number of fused-ring (bicyclic) bond motifs is 2. The first-order valence-corrected chi connectivity index (χ1v) is 6.57. The Kier molecular flexibility index (Phi) is 2.34. The van der Waals surface area contributed by atoms with Crippen molar-refractivity contribution in [2.24, 2.45) is 17.3 Å². The molecular formula is C14H20O2. The number of hydrogen-bond donors (Lipinski definition) is 0. The van der Waals surface area contributed by atoms with Gasteiger partial charge in [-0.2, -0.15) is 0 Å². The van der Waals surface area contributed by atoms with Crippen molar-refractivity contribution in [1.82, 2.24) is 0 Å². The van der Waals surface area contributed by atoms with Crippen LogP contribution in [0, 0.1) is 17.3 Å². The van der Waals surface area contributed by atoms with Gasteiger partial charge in [0.05, 0.1) is 13.0 Å². The zero-order chi connectivity index (χ0) is 11.2. The molecule has 0 aromatic rings. The Morgan fingerprint density at radius 3 is 3.06 bits per heavy atom. The maximum atomic E-state index is 11.5.